The van der Waals surface area contributed by atoms with E-state index in [0.29, 0.717) is 52.2 Å². The standard InChI is InChI=1S/C24H27N5O3S2/c25-20(30)15-9-12-27(13-10-15)21-17(22(31)28-11-5-4-8-19(28)26-21)14-18-23(32)29(24(33)34-18)16-6-2-1-3-7-16/h4-5,8,11,14-16H,1-3,6-7,9-10,12-13H2,(H2,25,30)/b18-14+. The van der Waals surface area contributed by atoms with E-state index < -0.39 is 0 Å². The van der Waals surface area contributed by atoms with Gasteiger partial charge in [0.05, 0.1) is 10.5 Å². The molecule has 5 rings (SSSR count). The lowest BCUT2D eigenvalue weighted by atomic mass is 9.94. The molecule has 2 saturated heterocycles. The van der Waals surface area contributed by atoms with Crippen molar-refractivity contribution in [3.05, 3.63) is 45.2 Å². The van der Waals surface area contributed by atoms with Crippen LogP contribution in [-0.4, -0.2) is 49.6 Å². The lowest BCUT2D eigenvalue weighted by Gasteiger charge is -2.32. The number of nitrogens with zero attached hydrogens (tertiary/aromatic N) is 4. The van der Waals surface area contributed by atoms with Crippen LogP contribution in [0.25, 0.3) is 11.7 Å². The SMILES string of the molecule is NC(=O)C1CCN(c2nc3ccccn3c(=O)c2/C=C2/SC(=S)N(C3CCCCC3)C2=O)CC1. The van der Waals surface area contributed by atoms with Crippen LogP contribution in [0.5, 0.6) is 0 Å². The second-order valence-corrected chi connectivity index (χ2v) is 10.8. The number of amides is 2. The molecule has 2 aliphatic heterocycles. The molecule has 0 atom stereocenters. The normalized spacial score (nSPS) is 21.7. The Hall–Kier alpha value is -2.72. The Morgan fingerprint density at radius 2 is 1.85 bits per heavy atom. The molecule has 0 radical (unpaired) electrons. The maximum Gasteiger partial charge on any atom is 0.267 e. The van der Waals surface area contributed by atoms with Crippen LogP contribution in [0.1, 0.15) is 50.5 Å². The van der Waals surface area contributed by atoms with Gasteiger partial charge in [-0.1, -0.05) is 49.3 Å². The molecule has 2 aromatic rings. The van der Waals surface area contributed by atoms with Gasteiger partial charge in [-0.25, -0.2) is 4.98 Å². The van der Waals surface area contributed by atoms with Gasteiger partial charge in [-0.2, -0.15) is 0 Å². The van der Waals surface area contributed by atoms with E-state index >= 15 is 0 Å². The van der Waals surface area contributed by atoms with E-state index in [0.717, 1.165) is 25.7 Å². The number of hydrogen-bond acceptors (Lipinski definition) is 7. The van der Waals surface area contributed by atoms with Crippen molar-refractivity contribution >= 4 is 57.7 Å². The maximum atomic E-state index is 13.5. The van der Waals surface area contributed by atoms with Gasteiger partial charge in [-0.3, -0.25) is 23.7 Å². The van der Waals surface area contributed by atoms with Gasteiger partial charge < -0.3 is 10.6 Å². The fraction of sp³-hybridized carbons (Fsp3) is 0.458. The van der Waals surface area contributed by atoms with Crippen molar-refractivity contribution in [3.63, 3.8) is 0 Å². The molecule has 0 spiro atoms. The topological polar surface area (TPSA) is 101 Å². The Morgan fingerprint density at radius 1 is 1.12 bits per heavy atom. The molecule has 3 aliphatic rings. The highest BCUT2D eigenvalue weighted by molar-refractivity contribution is 8.26. The number of piperidine rings is 1. The third-order valence-corrected chi connectivity index (χ3v) is 8.32. The van der Waals surface area contributed by atoms with Gasteiger partial charge in [0.2, 0.25) is 5.91 Å². The van der Waals surface area contributed by atoms with Crippen LogP contribution >= 0.6 is 24.0 Å². The summed E-state index contributed by atoms with van der Waals surface area (Å²) in [7, 11) is 0. The highest BCUT2D eigenvalue weighted by Crippen LogP contribution is 2.38. The van der Waals surface area contributed by atoms with Gasteiger partial charge in [-0.05, 0) is 43.9 Å². The summed E-state index contributed by atoms with van der Waals surface area (Å²) in [5.74, 6) is -0.0642. The first kappa shape index (κ1) is 23.0. The molecule has 10 heteroatoms. The summed E-state index contributed by atoms with van der Waals surface area (Å²) >= 11 is 6.83. The van der Waals surface area contributed by atoms with Crippen molar-refractivity contribution in [2.45, 2.75) is 51.0 Å². The summed E-state index contributed by atoms with van der Waals surface area (Å²) in [5.41, 5.74) is 6.16. The summed E-state index contributed by atoms with van der Waals surface area (Å²) in [6.07, 6.45) is 9.86. The minimum Gasteiger partial charge on any atom is -0.369 e. The molecular weight excluding hydrogens is 470 g/mol. The molecule has 3 fully saturated rings. The fourth-order valence-electron chi connectivity index (χ4n) is 5.10. The summed E-state index contributed by atoms with van der Waals surface area (Å²) in [6.45, 7) is 1.12. The number of nitrogens with two attached hydrogens (primary N) is 1. The first-order valence-electron chi connectivity index (χ1n) is 11.8. The molecular formula is C24H27N5O3S2. The monoisotopic (exact) mass is 497 g/mol. The van der Waals surface area contributed by atoms with Crippen LogP contribution in [0.2, 0.25) is 0 Å². The molecule has 2 amide bonds. The van der Waals surface area contributed by atoms with Crippen molar-refractivity contribution in [2.24, 2.45) is 11.7 Å². The van der Waals surface area contributed by atoms with Crippen molar-refractivity contribution in [1.29, 1.82) is 0 Å². The Morgan fingerprint density at radius 3 is 2.56 bits per heavy atom. The minimum absolute atomic E-state index is 0.127. The zero-order valence-corrected chi connectivity index (χ0v) is 20.4. The van der Waals surface area contributed by atoms with Crippen molar-refractivity contribution < 1.29 is 9.59 Å². The van der Waals surface area contributed by atoms with Gasteiger partial charge in [0, 0.05) is 31.2 Å². The van der Waals surface area contributed by atoms with Crippen LogP contribution in [-0.2, 0) is 9.59 Å². The molecule has 8 nitrogen and oxygen atoms in total. The van der Waals surface area contributed by atoms with Crippen LogP contribution in [0.3, 0.4) is 0 Å². The predicted molar refractivity (Wildman–Crippen MR) is 137 cm³/mol. The van der Waals surface area contributed by atoms with E-state index in [-0.39, 0.29) is 29.3 Å². The number of anilines is 1. The van der Waals surface area contributed by atoms with Gasteiger partial charge in [0.1, 0.15) is 15.8 Å². The van der Waals surface area contributed by atoms with Crippen molar-refractivity contribution in [3.8, 4) is 0 Å². The number of carbonyl (C=O) groups excluding carboxylic acids is 2. The highest BCUT2D eigenvalue weighted by Gasteiger charge is 2.38. The fourth-order valence-corrected chi connectivity index (χ4v) is 6.48. The van der Waals surface area contributed by atoms with Crippen molar-refractivity contribution in [1.82, 2.24) is 14.3 Å². The lowest BCUT2D eigenvalue weighted by molar-refractivity contribution is -0.124. The highest BCUT2D eigenvalue weighted by atomic mass is 32.2. The van der Waals surface area contributed by atoms with Crippen LogP contribution in [0, 0.1) is 5.92 Å². The van der Waals surface area contributed by atoms with E-state index in [1.165, 1.54) is 22.6 Å². The predicted octanol–water partition coefficient (Wildman–Crippen LogP) is 2.93. The van der Waals surface area contributed by atoms with E-state index in [9.17, 15) is 14.4 Å². The smallest absolute Gasteiger partial charge is 0.267 e. The number of thioether (sulfide) groups is 1. The number of pyridine rings is 1. The average Bonchev–Trinajstić information content (AvgIpc) is 3.14. The number of carbonyl (C=O) groups is 2. The van der Waals surface area contributed by atoms with Gasteiger partial charge in [-0.15, -0.1) is 0 Å². The Kier molecular flexibility index (Phi) is 6.44. The van der Waals surface area contributed by atoms with E-state index in [1.807, 2.05) is 11.0 Å². The molecule has 0 bridgehead atoms. The first-order valence-corrected chi connectivity index (χ1v) is 13.0. The molecule has 1 saturated carbocycles. The first-order chi connectivity index (χ1) is 16.4. The molecule has 0 unspecified atom stereocenters. The molecule has 2 aromatic heterocycles. The zero-order valence-electron chi connectivity index (χ0n) is 18.8. The van der Waals surface area contributed by atoms with Gasteiger partial charge in [0.15, 0.2) is 0 Å². The molecule has 34 heavy (non-hydrogen) atoms. The van der Waals surface area contributed by atoms with E-state index in [2.05, 4.69) is 0 Å². The Bertz CT molecular complexity index is 1240. The van der Waals surface area contributed by atoms with E-state index in [4.69, 9.17) is 22.9 Å². The summed E-state index contributed by atoms with van der Waals surface area (Å²) < 4.78 is 2.05. The zero-order chi connectivity index (χ0) is 23.8. The summed E-state index contributed by atoms with van der Waals surface area (Å²) in [5, 5.41) is 0. The lowest BCUT2D eigenvalue weighted by Crippen LogP contribution is -2.40. The van der Waals surface area contributed by atoms with Crippen LogP contribution in [0.4, 0.5) is 5.82 Å². The van der Waals surface area contributed by atoms with Gasteiger partial charge in [0.25, 0.3) is 11.5 Å². The van der Waals surface area contributed by atoms with E-state index in [1.54, 1.807) is 29.3 Å². The third-order valence-electron chi connectivity index (χ3n) is 6.98. The Labute approximate surface area is 207 Å². The molecule has 1 aliphatic carbocycles. The number of fused-ring (bicyclic) bond motifs is 1. The van der Waals surface area contributed by atoms with Crippen LogP contribution < -0.4 is 16.2 Å². The molecule has 0 aromatic carbocycles. The quantitative estimate of drug-likeness (QED) is 0.512. The molecule has 4 heterocycles. The number of hydrogen-bond donors (Lipinski definition) is 1. The Balaban J connectivity index is 1.54. The van der Waals surface area contributed by atoms with Gasteiger partial charge >= 0.3 is 0 Å². The number of aromatic nitrogens is 2. The summed E-state index contributed by atoms with van der Waals surface area (Å²) in [4.78, 5) is 47.5. The summed E-state index contributed by atoms with van der Waals surface area (Å²) in [6, 6.07) is 5.53. The molecule has 2 N–H and O–H groups in total. The second-order valence-electron chi connectivity index (χ2n) is 9.09. The largest absolute Gasteiger partial charge is 0.369 e. The minimum atomic E-state index is -0.294. The number of thiocarbonyl (C=S) groups is 1. The number of rotatable bonds is 4. The van der Waals surface area contributed by atoms with Crippen molar-refractivity contribution in [2.75, 3.05) is 18.0 Å². The third kappa shape index (κ3) is 4.24. The molecule has 178 valence electrons. The second kappa shape index (κ2) is 9.50. The van der Waals surface area contributed by atoms with Crippen LogP contribution in [0.15, 0.2) is 34.1 Å². The maximum absolute atomic E-state index is 13.5. The number of primary amides is 1. The average molecular weight is 498 g/mol.